The maximum absolute atomic E-state index is 11.4. The van der Waals surface area contributed by atoms with Crippen molar-refractivity contribution in [2.24, 2.45) is 0 Å². The third-order valence-electron chi connectivity index (χ3n) is 3.19. The highest BCUT2D eigenvalue weighted by Crippen LogP contribution is 2.27. The number of aromatic amines is 1. The first-order valence-electron chi connectivity index (χ1n) is 5.93. The molecule has 0 bridgehead atoms. The molecule has 2 nitrogen and oxygen atoms in total. The molecule has 18 heavy (non-hydrogen) atoms. The average Bonchev–Trinajstić information content (AvgIpc) is 2.41. The van der Waals surface area contributed by atoms with Gasteiger partial charge in [0.1, 0.15) is 0 Å². The van der Waals surface area contributed by atoms with Crippen LogP contribution in [-0.2, 0) is 0 Å². The molecule has 0 saturated carbocycles. The van der Waals surface area contributed by atoms with Crippen molar-refractivity contribution >= 4 is 10.8 Å². The second kappa shape index (κ2) is 4.15. The van der Waals surface area contributed by atoms with Gasteiger partial charge in [-0.15, -0.1) is 0 Å². The molecule has 1 N–H and O–H groups in total. The maximum atomic E-state index is 11.4. The Bertz CT molecular complexity index is 766. The monoisotopic (exact) mass is 235 g/mol. The standard InChI is InChI=1S/C16H13NO/c1-11-9-13(10-17-16(11)18)15-8-4-6-12-5-2-3-7-14(12)15/h2-10H,1H3,(H,17,18). The molecule has 2 aromatic carbocycles. The van der Waals surface area contributed by atoms with Gasteiger partial charge >= 0.3 is 0 Å². The van der Waals surface area contributed by atoms with Crippen LogP contribution in [0.1, 0.15) is 5.56 Å². The molecule has 0 amide bonds. The first-order chi connectivity index (χ1) is 8.75. The van der Waals surface area contributed by atoms with Gasteiger partial charge in [-0.25, -0.2) is 0 Å². The van der Waals surface area contributed by atoms with Crippen molar-refractivity contribution in [3.05, 3.63) is 70.6 Å². The fourth-order valence-corrected chi connectivity index (χ4v) is 2.23. The zero-order chi connectivity index (χ0) is 12.5. The molecule has 0 fully saturated rings. The summed E-state index contributed by atoms with van der Waals surface area (Å²) in [7, 11) is 0. The van der Waals surface area contributed by atoms with E-state index in [2.05, 4.69) is 29.2 Å². The van der Waals surface area contributed by atoms with E-state index in [1.165, 1.54) is 10.8 Å². The maximum Gasteiger partial charge on any atom is 0.250 e. The third-order valence-corrected chi connectivity index (χ3v) is 3.19. The van der Waals surface area contributed by atoms with Gasteiger partial charge in [0.05, 0.1) is 0 Å². The van der Waals surface area contributed by atoms with Crippen molar-refractivity contribution in [3.8, 4) is 11.1 Å². The molecule has 0 atom stereocenters. The minimum Gasteiger partial charge on any atom is -0.328 e. The first kappa shape index (κ1) is 10.8. The SMILES string of the molecule is Cc1cc(-c2cccc3ccccc23)c[nH]c1=O. The second-order valence-corrected chi connectivity index (χ2v) is 4.43. The Morgan fingerprint density at radius 1 is 1.00 bits per heavy atom. The predicted molar refractivity (Wildman–Crippen MR) is 74.7 cm³/mol. The van der Waals surface area contributed by atoms with Crippen molar-refractivity contribution in [3.63, 3.8) is 0 Å². The molecule has 0 saturated heterocycles. The van der Waals surface area contributed by atoms with E-state index in [0.717, 1.165) is 16.7 Å². The molecular formula is C16H13NO. The van der Waals surface area contributed by atoms with Crippen LogP contribution in [0.5, 0.6) is 0 Å². The molecule has 88 valence electrons. The van der Waals surface area contributed by atoms with Gasteiger partial charge in [0, 0.05) is 11.8 Å². The molecule has 0 radical (unpaired) electrons. The van der Waals surface area contributed by atoms with E-state index in [1.54, 1.807) is 6.20 Å². The summed E-state index contributed by atoms with van der Waals surface area (Å²) in [6.45, 7) is 1.83. The fraction of sp³-hybridized carbons (Fsp3) is 0.0625. The molecule has 0 aliphatic heterocycles. The highest BCUT2D eigenvalue weighted by molar-refractivity contribution is 5.96. The van der Waals surface area contributed by atoms with E-state index in [1.807, 2.05) is 31.2 Å². The van der Waals surface area contributed by atoms with Crippen LogP contribution in [0, 0.1) is 6.92 Å². The number of H-pyrrole nitrogens is 1. The third kappa shape index (κ3) is 1.72. The Balaban J connectivity index is 2.31. The molecule has 0 spiro atoms. The van der Waals surface area contributed by atoms with Crippen LogP contribution >= 0.6 is 0 Å². The van der Waals surface area contributed by atoms with Crippen molar-refractivity contribution in [1.82, 2.24) is 4.98 Å². The van der Waals surface area contributed by atoms with Crippen LogP contribution in [0.15, 0.2) is 59.5 Å². The minimum absolute atomic E-state index is 0.0287. The van der Waals surface area contributed by atoms with E-state index in [-0.39, 0.29) is 5.56 Å². The van der Waals surface area contributed by atoms with E-state index >= 15 is 0 Å². The zero-order valence-corrected chi connectivity index (χ0v) is 10.1. The second-order valence-electron chi connectivity index (χ2n) is 4.43. The number of pyridine rings is 1. The lowest BCUT2D eigenvalue weighted by Gasteiger charge is -2.07. The predicted octanol–water partition coefficient (Wildman–Crippen LogP) is 3.50. The quantitative estimate of drug-likeness (QED) is 0.688. The number of benzene rings is 2. The van der Waals surface area contributed by atoms with Gasteiger partial charge in [-0.2, -0.15) is 0 Å². The Hall–Kier alpha value is -2.35. The zero-order valence-electron chi connectivity index (χ0n) is 10.1. The van der Waals surface area contributed by atoms with Gasteiger partial charge in [-0.1, -0.05) is 42.5 Å². The van der Waals surface area contributed by atoms with Crippen LogP contribution in [0.2, 0.25) is 0 Å². The molecular weight excluding hydrogens is 222 g/mol. The van der Waals surface area contributed by atoms with Crippen LogP contribution in [0.25, 0.3) is 21.9 Å². The highest BCUT2D eigenvalue weighted by Gasteiger charge is 2.04. The lowest BCUT2D eigenvalue weighted by atomic mass is 9.99. The van der Waals surface area contributed by atoms with Crippen LogP contribution in [0.4, 0.5) is 0 Å². The number of aromatic nitrogens is 1. The summed E-state index contributed by atoms with van der Waals surface area (Å²) >= 11 is 0. The van der Waals surface area contributed by atoms with E-state index in [9.17, 15) is 4.79 Å². The number of rotatable bonds is 1. The molecule has 0 aliphatic rings. The minimum atomic E-state index is -0.0287. The number of aryl methyl sites for hydroxylation is 1. The van der Waals surface area contributed by atoms with Gasteiger partial charge in [0.2, 0.25) is 0 Å². The molecule has 0 aliphatic carbocycles. The Labute approximate surface area is 105 Å². The summed E-state index contributed by atoms with van der Waals surface area (Å²) in [5.41, 5.74) is 2.90. The topological polar surface area (TPSA) is 32.9 Å². The Morgan fingerprint density at radius 3 is 2.61 bits per heavy atom. The number of nitrogens with one attached hydrogen (secondary N) is 1. The molecule has 0 unspecified atom stereocenters. The van der Waals surface area contributed by atoms with Crippen molar-refractivity contribution in [1.29, 1.82) is 0 Å². The van der Waals surface area contributed by atoms with Crippen molar-refractivity contribution < 1.29 is 0 Å². The van der Waals surface area contributed by atoms with Gasteiger partial charge in [-0.3, -0.25) is 4.79 Å². The van der Waals surface area contributed by atoms with E-state index in [0.29, 0.717) is 0 Å². The van der Waals surface area contributed by atoms with Crippen LogP contribution in [0.3, 0.4) is 0 Å². The van der Waals surface area contributed by atoms with Crippen molar-refractivity contribution in [2.45, 2.75) is 6.92 Å². The molecule has 3 rings (SSSR count). The van der Waals surface area contributed by atoms with Crippen LogP contribution in [-0.4, -0.2) is 4.98 Å². The van der Waals surface area contributed by atoms with E-state index in [4.69, 9.17) is 0 Å². The molecule has 3 aromatic rings. The smallest absolute Gasteiger partial charge is 0.250 e. The van der Waals surface area contributed by atoms with Gasteiger partial charge < -0.3 is 4.98 Å². The average molecular weight is 235 g/mol. The van der Waals surface area contributed by atoms with Crippen molar-refractivity contribution in [2.75, 3.05) is 0 Å². The number of hydrogen-bond donors (Lipinski definition) is 1. The normalized spacial score (nSPS) is 10.7. The summed E-state index contributed by atoms with van der Waals surface area (Å²) in [5.74, 6) is 0. The van der Waals surface area contributed by atoms with E-state index < -0.39 is 0 Å². The Morgan fingerprint density at radius 2 is 1.78 bits per heavy atom. The molecule has 1 aromatic heterocycles. The highest BCUT2D eigenvalue weighted by atomic mass is 16.1. The summed E-state index contributed by atoms with van der Waals surface area (Å²) in [6.07, 6.45) is 1.77. The summed E-state index contributed by atoms with van der Waals surface area (Å²) in [4.78, 5) is 14.2. The first-order valence-corrected chi connectivity index (χ1v) is 5.93. The fourth-order valence-electron chi connectivity index (χ4n) is 2.23. The number of hydrogen-bond acceptors (Lipinski definition) is 1. The summed E-state index contributed by atoms with van der Waals surface area (Å²) in [5, 5.41) is 2.41. The van der Waals surface area contributed by atoms with Gasteiger partial charge in [-0.05, 0) is 34.9 Å². The van der Waals surface area contributed by atoms with Gasteiger partial charge in [0.15, 0.2) is 0 Å². The molecule has 2 heteroatoms. The summed E-state index contributed by atoms with van der Waals surface area (Å²) in [6, 6.07) is 16.4. The lowest BCUT2D eigenvalue weighted by Crippen LogP contribution is -2.07. The Kier molecular flexibility index (Phi) is 2.49. The largest absolute Gasteiger partial charge is 0.328 e. The van der Waals surface area contributed by atoms with Crippen LogP contribution < -0.4 is 5.56 Å². The van der Waals surface area contributed by atoms with Gasteiger partial charge in [0.25, 0.3) is 5.56 Å². The summed E-state index contributed by atoms with van der Waals surface area (Å²) < 4.78 is 0. The lowest BCUT2D eigenvalue weighted by molar-refractivity contribution is 1.18. The number of fused-ring (bicyclic) bond motifs is 1. The molecule has 1 heterocycles.